The largest absolute Gasteiger partial charge is 0.490 e. The number of nitro benzene ring substituents is 1. The van der Waals surface area contributed by atoms with Crippen LogP contribution in [0.3, 0.4) is 0 Å². The summed E-state index contributed by atoms with van der Waals surface area (Å²) in [6, 6.07) is 18.4. The maximum absolute atomic E-state index is 12.6. The molecular weight excluding hydrogens is 582 g/mol. The van der Waals surface area contributed by atoms with Gasteiger partial charge in [-0.25, -0.2) is 0 Å². The Bertz CT molecular complexity index is 1300. The second-order valence-electron chi connectivity index (χ2n) is 7.11. The SMILES string of the molecule is CCOc1cc(/C=C(\C#N)C(=O)Nc2ccc(Br)cc2)cc(Br)c1OCc1ccc([N+](=O)[O-])cc1. The first kappa shape index (κ1) is 25.9. The third-order valence-corrected chi connectivity index (χ3v) is 5.76. The smallest absolute Gasteiger partial charge is 0.269 e. The van der Waals surface area contributed by atoms with E-state index in [4.69, 9.17) is 9.47 Å². The number of carbonyl (C=O) groups excluding carboxylic acids is 1. The summed E-state index contributed by atoms with van der Waals surface area (Å²) in [6.45, 7) is 2.34. The van der Waals surface area contributed by atoms with Crippen molar-refractivity contribution in [1.82, 2.24) is 0 Å². The van der Waals surface area contributed by atoms with Gasteiger partial charge in [0.2, 0.25) is 0 Å². The van der Waals surface area contributed by atoms with E-state index >= 15 is 0 Å². The predicted molar refractivity (Wildman–Crippen MR) is 139 cm³/mol. The minimum absolute atomic E-state index is 0.00135. The minimum Gasteiger partial charge on any atom is -0.490 e. The predicted octanol–water partition coefficient (Wildman–Crippen LogP) is 6.64. The van der Waals surface area contributed by atoms with Gasteiger partial charge < -0.3 is 14.8 Å². The minimum atomic E-state index is -0.539. The fourth-order valence-electron chi connectivity index (χ4n) is 2.99. The lowest BCUT2D eigenvalue weighted by Gasteiger charge is -2.15. The first-order chi connectivity index (χ1) is 16.8. The van der Waals surface area contributed by atoms with Crippen molar-refractivity contribution < 1.29 is 19.2 Å². The van der Waals surface area contributed by atoms with Crippen LogP contribution in [0.25, 0.3) is 6.08 Å². The summed E-state index contributed by atoms with van der Waals surface area (Å²) in [5.74, 6) is 0.309. The number of halogens is 2. The van der Waals surface area contributed by atoms with Crippen molar-refractivity contribution in [1.29, 1.82) is 5.26 Å². The Morgan fingerprint density at radius 3 is 2.40 bits per heavy atom. The number of amides is 1. The molecule has 0 aliphatic heterocycles. The van der Waals surface area contributed by atoms with E-state index in [1.165, 1.54) is 18.2 Å². The molecule has 3 aromatic carbocycles. The zero-order valence-corrected chi connectivity index (χ0v) is 21.6. The normalized spacial score (nSPS) is 10.9. The fourth-order valence-corrected chi connectivity index (χ4v) is 3.83. The quantitative estimate of drug-likeness (QED) is 0.127. The molecule has 0 bridgehead atoms. The lowest BCUT2D eigenvalue weighted by molar-refractivity contribution is -0.384. The van der Waals surface area contributed by atoms with Crippen LogP contribution < -0.4 is 14.8 Å². The van der Waals surface area contributed by atoms with Gasteiger partial charge in [0.15, 0.2) is 11.5 Å². The number of nitrogens with zero attached hydrogens (tertiary/aromatic N) is 2. The van der Waals surface area contributed by atoms with Gasteiger partial charge >= 0.3 is 0 Å². The number of hydrogen-bond donors (Lipinski definition) is 1. The van der Waals surface area contributed by atoms with Crippen molar-refractivity contribution in [2.45, 2.75) is 13.5 Å². The van der Waals surface area contributed by atoms with Crippen molar-refractivity contribution in [3.05, 3.63) is 96.4 Å². The van der Waals surface area contributed by atoms with E-state index in [2.05, 4.69) is 37.2 Å². The highest BCUT2D eigenvalue weighted by Gasteiger charge is 2.15. The van der Waals surface area contributed by atoms with Gasteiger partial charge in [-0.3, -0.25) is 14.9 Å². The average molecular weight is 601 g/mol. The highest BCUT2D eigenvalue weighted by Crippen LogP contribution is 2.38. The highest BCUT2D eigenvalue weighted by molar-refractivity contribution is 9.10. The van der Waals surface area contributed by atoms with E-state index in [1.807, 2.05) is 13.0 Å². The Morgan fingerprint density at radius 2 is 1.80 bits per heavy atom. The van der Waals surface area contributed by atoms with Crippen LogP contribution in [0.2, 0.25) is 0 Å². The molecule has 3 rings (SSSR count). The molecule has 35 heavy (non-hydrogen) atoms. The summed E-state index contributed by atoms with van der Waals surface area (Å²) in [6.07, 6.45) is 1.46. The molecule has 1 amide bonds. The first-order valence-corrected chi connectivity index (χ1v) is 11.9. The second-order valence-corrected chi connectivity index (χ2v) is 8.88. The van der Waals surface area contributed by atoms with Gasteiger partial charge in [-0.05, 0) is 88.6 Å². The van der Waals surface area contributed by atoms with Crippen LogP contribution in [0.15, 0.2) is 75.2 Å². The molecule has 0 saturated heterocycles. The van der Waals surface area contributed by atoms with Gasteiger partial charge in [0.25, 0.3) is 11.6 Å². The Morgan fingerprint density at radius 1 is 1.11 bits per heavy atom. The molecular formula is C25H19Br2N3O5. The molecule has 0 spiro atoms. The van der Waals surface area contributed by atoms with E-state index in [1.54, 1.807) is 48.5 Å². The summed E-state index contributed by atoms with van der Waals surface area (Å²) in [5.41, 5.74) is 1.78. The summed E-state index contributed by atoms with van der Waals surface area (Å²) in [7, 11) is 0. The number of non-ortho nitro benzene ring substituents is 1. The second kappa shape index (κ2) is 12.1. The van der Waals surface area contributed by atoms with Crippen molar-refractivity contribution in [2.24, 2.45) is 0 Å². The molecule has 0 heterocycles. The third kappa shape index (κ3) is 7.15. The number of ether oxygens (including phenoxy) is 2. The molecule has 0 unspecified atom stereocenters. The molecule has 10 heteroatoms. The number of rotatable bonds is 9. The van der Waals surface area contributed by atoms with Gasteiger partial charge in [-0.1, -0.05) is 15.9 Å². The molecule has 0 atom stereocenters. The molecule has 8 nitrogen and oxygen atoms in total. The Labute approximate surface area is 218 Å². The molecule has 0 saturated carbocycles. The van der Waals surface area contributed by atoms with Gasteiger partial charge in [0.05, 0.1) is 16.0 Å². The van der Waals surface area contributed by atoms with Crippen molar-refractivity contribution >= 4 is 55.2 Å². The Kier molecular flexibility index (Phi) is 9.00. The van der Waals surface area contributed by atoms with Crippen LogP contribution in [0.1, 0.15) is 18.1 Å². The van der Waals surface area contributed by atoms with E-state index in [0.29, 0.717) is 33.8 Å². The molecule has 0 radical (unpaired) electrons. The molecule has 0 aliphatic rings. The topological polar surface area (TPSA) is 114 Å². The Balaban J connectivity index is 1.81. The maximum atomic E-state index is 12.6. The lowest BCUT2D eigenvalue weighted by Crippen LogP contribution is -2.13. The number of nitrogens with one attached hydrogen (secondary N) is 1. The van der Waals surface area contributed by atoms with Gasteiger partial charge in [-0.15, -0.1) is 0 Å². The molecule has 178 valence electrons. The van der Waals surface area contributed by atoms with Gasteiger partial charge in [-0.2, -0.15) is 5.26 Å². The van der Waals surface area contributed by atoms with Gasteiger partial charge in [0.1, 0.15) is 18.2 Å². The van der Waals surface area contributed by atoms with Gasteiger partial charge in [0, 0.05) is 22.3 Å². The van der Waals surface area contributed by atoms with Crippen LogP contribution in [-0.4, -0.2) is 17.4 Å². The molecule has 3 aromatic rings. The van der Waals surface area contributed by atoms with Crippen LogP contribution >= 0.6 is 31.9 Å². The fraction of sp³-hybridized carbons (Fsp3) is 0.120. The summed E-state index contributed by atoms with van der Waals surface area (Å²) in [5, 5.41) is 23.1. The molecule has 0 aromatic heterocycles. The van der Waals surface area contributed by atoms with Crippen LogP contribution in [0.4, 0.5) is 11.4 Å². The molecule has 1 N–H and O–H groups in total. The van der Waals surface area contributed by atoms with Crippen LogP contribution in [-0.2, 0) is 11.4 Å². The van der Waals surface area contributed by atoms with Crippen molar-refractivity contribution in [3.63, 3.8) is 0 Å². The van der Waals surface area contributed by atoms with Crippen LogP contribution in [0.5, 0.6) is 11.5 Å². The van der Waals surface area contributed by atoms with E-state index in [0.717, 1.165) is 10.0 Å². The number of anilines is 1. The number of nitro groups is 1. The standard InChI is InChI=1S/C25H19Br2N3O5/c1-2-34-23-13-17(11-18(14-28)25(31)29-20-7-5-19(26)6-8-20)12-22(27)24(23)35-15-16-3-9-21(10-4-16)30(32)33/h3-13H,2,15H2,1H3,(H,29,31)/b18-11+. The van der Waals surface area contributed by atoms with Crippen molar-refractivity contribution in [3.8, 4) is 17.6 Å². The first-order valence-electron chi connectivity index (χ1n) is 10.3. The molecule has 0 aliphatic carbocycles. The van der Waals surface area contributed by atoms with E-state index < -0.39 is 10.8 Å². The average Bonchev–Trinajstić information content (AvgIpc) is 2.83. The number of nitriles is 1. The van der Waals surface area contributed by atoms with Crippen LogP contribution in [0, 0.1) is 21.4 Å². The summed E-state index contributed by atoms with van der Waals surface area (Å²) >= 11 is 6.81. The number of benzene rings is 3. The number of hydrogen-bond acceptors (Lipinski definition) is 6. The third-order valence-electron chi connectivity index (χ3n) is 4.64. The maximum Gasteiger partial charge on any atom is 0.269 e. The Hall–Kier alpha value is -3.68. The molecule has 0 fully saturated rings. The van der Waals surface area contributed by atoms with Crippen molar-refractivity contribution in [2.75, 3.05) is 11.9 Å². The lowest BCUT2D eigenvalue weighted by atomic mass is 10.1. The van der Waals surface area contributed by atoms with E-state index in [9.17, 15) is 20.2 Å². The summed E-state index contributed by atoms with van der Waals surface area (Å²) in [4.78, 5) is 23.0. The zero-order valence-electron chi connectivity index (χ0n) is 18.5. The number of carbonyl (C=O) groups is 1. The zero-order chi connectivity index (χ0) is 25.4. The van der Waals surface area contributed by atoms with E-state index in [-0.39, 0.29) is 17.9 Å². The highest BCUT2D eigenvalue weighted by atomic mass is 79.9. The monoisotopic (exact) mass is 599 g/mol. The summed E-state index contributed by atoms with van der Waals surface area (Å²) < 4.78 is 13.1.